The Morgan fingerprint density at radius 3 is 2.73 bits per heavy atom. The Hall–Kier alpha value is -1.47. The Morgan fingerprint density at radius 1 is 1.36 bits per heavy atom. The lowest BCUT2D eigenvalue weighted by Gasteiger charge is -2.35. The maximum atomic E-state index is 14.9. The summed E-state index contributed by atoms with van der Waals surface area (Å²) in [5.41, 5.74) is 0.924. The standard InChI is InChI=1S/C22H35FIN5O3Si/c1-22(2,3)32-21(30)26-17-7-8-28(12-15(17)23)18-11-25-19-16(24)13-29(20(19)27-18)14-31-9-10-33(4,5)6/h11,13,15,17H,7-10,12,14H2,1-6H3,(H,26,30)/t15-,17+/m0/s1. The summed E-state index contributed by atoms with van der Waals surface area (Å²) in [6, 6.07) is 0.516. The van der Waals surface area contributed by atoms with Crippen molar-refractivity contribution in [2.75, 3.05) is 24.6 Å². The molecule has 8 nitrogen and oxygen atoms in total. The van der Waals surface area contributed by atoms with E-state index in [0.29, 0.717) is 25.5 Å². The van der Waals surface area contributed by atoms with E-state index in [9.17, 15) is 9.18 Å². The second kappa shape index (κ2) is 10.4. The Balaban J connectivity index is 1.65. The van der Waals surface area contributed by atoms with E-state index in [4.69, 9.17) is 14.5 Å². The predicted octanol–water partition coefficient (Wildman–Crippen LogP) is 4.79. The van der Waals surface area contributed by atoms with Gasteiger partial charge in [0.1, 0.15) is 29.8 Å². The molecule has 0 bridgehead atoms. The number of carbonyl (C=O) groups excluding carboxylic acids is 1. The molecule has 1 fully saturated rings. The average molecular weight is 592 g/mol. The van der Waals surface area contributed by atoms with Gasteiger partial charge in [-0.05, 0) is 55.8 Å². The molecule has 3 heterocycles. The van der Waals surface area contributed by atoms with Crippen molar-refractivity contribution >= 4 is 53.7 Å². The van der Waals surface area contributed by atoms with Gasteiger partial charge in [0.05, 0.1) is 22.4 Å². The van der Waals surface area contributed by atoms with Crippen LogP contribution in [0.1, 0.15) is 27.2 Å². The van der Waals surface area contributed by atoms with Crippen molar-refractivity contribution in [3.8, 4) is 0 Å². The number of alkyl halides is 1. The summed E-state index contributed by atoms with van der Waals surface area (Å²) >= 11 is 2.25. The fourth-order valence-corrected chi connectivity index (χ4v) is 5.00. The molecule has 3 rings (SSSR count). The summed E-state index contributed by atoms with van der Waals surface area (Å²) in [4.78, 5) is 23.3. The zero-order valence-electron chi connectivity index (χ0n) is 20.3. The number of amides is 1. The number of piperidine rings is 1. The molecule has 11 heteroatoms. The summed E-state index contributed by atoms with van der Waals surface area (Å²) in [5, 5.41) is 2.66. The third kappa shape index (κ3) is 7.51. The highest BCUT2D eigenvalue weighted by Crippen LogP contribution is 2.25. The number of anilines is 1. The number of alkyl carbamates (subject to hydrolysis) is 1. The van der Waals surface area contributed by atoms with Gasteiger partial charge in [-0.1, -0.05) is 19.6 Å². The molecule has 0 saturated carbocycles. The van der Waals surface area contributed by atoms with Crippen molar-refractivity contribution < 1.29 is 18.7 Å². The smallest absolute Gasteiger partial charge is 0.407 e. The van der Waals surface area contributed by atoms with Gasteiger partial charge in [0.2, 0.25) is 0 Å². The molecule has 0 unspecified atom stereocenters. The van der Waals surface area contributed by atoms with E-state index in [1.165, 1.54) is 0 Å². The van der Waals surface area contributed by atoms with Crippen LogP contribution in [0.5, 0.6) is 0 Å². The van der Waals surface area contributed by atoms with Gasteiger partial charge in [-0.2, -0.15) is 0 Å². The first-order chi connectivity index (χ1) is 15.3. The number of aromatic nitrogens is 3. The number of halogens is 2. The van der Waals surface area contributed by atoms with Crippen molar-refractivity contribution in [3.63, 3.8) is 0 Å². The molecule has 184 valence electrons. The van der Waals surface area contributed by atoms with Crippen LogP contribution in [-0.4, -0.2) is 66.2 Å². The second-order valence-electron chi connectivity index (χ2n) is 10.7. The highest BCUT2D eigenvalue weighted by atomic mass is 127. The molecule has 0 aromatic carbocycles. The van der Waals surface area contributed by atoms with Crippen LogP contribution in [0.2, 0.25) is 25.7 Å². The molecule has 1 saturated heterocycles. The Bertz CT molecular complexity index is 975. The van der Waals surface area contributed by atoms with E-state index in [0.717, 1.165) is 27.4 Å². The number of hydrogen-bond donors (Lipinski definition) is 1. The SMILES string of the molecule is CC(C)(C)OC(=O)N[C@@H]1CCN(c2cnc3c(I)cn(COCC[Si](C)(C)C)c3n2)C[C@@H]1F. The molecule has 0 spiro atoms. The maximum Gasteiger partial charge on any atom is 0.407 e. The normalized spacial score (nSPS) is 19.7. The Labute approximate surface area is 209 Å². The fourth-order valence-electron chi connectivity index (χ4n) is 3.52. The lowest BCUT2D eigenvalue weighted by atomic mass is 10.0. The minimum atomic E-state index is -1.24. The zero-order valence-corrected chi connectivity index (χ0v) is 23.5. The van der Waals surface area contributed by atoms with E-state index in [2.05, 4.69) is 52.5 Å². The predicted molar refractivity (Wildman–Crippen MR) is 139 cm³/mol. The van der Waals surface area contributed by atoms with Gasteiger partial charge >= 0.3 is 6.09 Å². The van der Waals surface area contributed by atoms with Crippen LogP contribution >= 0.6 is 22.6 Å². The van der Waals surface area contributed by atoms with Gasteiger partial charge in [-0.3, -0.25) is 0 Å². The molecule has 1 aliphatic rings. The van der Waals surface area contributed by atoms with Crippen LogP contribution in [0.15, 0.2) is 12.4 Å². The number of rotatable bonds is 7. The molecule has 2 aromatic rings. The lowest BCUT2D eigenvalue weighted by molar-refractivity contribution is 0.0463. The Morgan fingerprint density at radius 2 is 2.09 bits per heavy atom. The van der Waals surface area contributed by atoms with E-state index in [-0.39, 0.29) is 6.54 Å². The van der Waals surface area contributed by atoms with Crippen molar-refractivity contribution in [2.24, 2.45) is 0 Å². The van der Waals surface area contributed by atoms with Crippen molar-refractivity contribution in [2.45, 2.75) is 77.4 Å². The zero-order chi connectivity index (χ0) is 24.4. The molecule has 1 amide bonds. The van der Waals surface area contributed by atoms with Gasteiger partial charge in [0.15, 0.2) is 5.65 Å². The molecule has 0 aliphatic carbocycles. The summed E-state index contributed by atoms with van der Waals surface area (Å²) in [7, 11) is -1.15. The van der Waals surface area contributed by atoms with E-state index < -0.39 is 32.0 Å². The number of nitrogens with zero attached hydrogens (tertiary/aromatic N) is 4. The highest BCUT2D eigenvalue weighted by molar-refractivity contribution is 14.1. The minimum Gasteiger partial charge on any atom is -0.444 e. The van der Waals surface area contributed by atoms with Gasteiger partial charge < -0.3 is 24.3 Å². The second-order valence-corrected chi connectivity index (χ2v) is 17.5. The molecule has 33 heavy (non-hydrogen) atoms. The van der Waals surface area contributed by atoms with Crippen LogP contribution in [-0.2, 0) is 16.2 Å². The van der Waals surface area contributed by atoms with Crippen LogP contribution < -0.4 is 10.2 Å². The topological polar surface area (TPSA) is 81.5 Å². The van der Waals surface area contributed by atoms with Crippen molar-refractivity contribution in [3.05, 3.63) is 16.0 Å². The summed E-state index contributed by atoms with van der Waals surface area (Å²) in [5.74, 6) is 0.624. The fraction of sp³-hybridized carbons (Fsp3) is 0.682. The first-order valence-corrected chi connectivity index (χ1v) is 16.1. The molecular formula is C22H35FIN5O3Si. The number of hydrogen-bond acceptors (Lipinski definition) is 6. The maximum absolute atomic E-state index is 14.9. The molecule has 0 radical (unpaired) electrons. The van der Waals surface area contributed by atoms with Crippen LogP contribution in [0.4, 0.5) is 15.0 Å². The number of nitrogens with one attached hydrogen (secondary N) is 1. The Kier molecular flexibility index (Phi) is 8.26. The molecule has 2 aromatic heterocycles. The number of fused-ring (bicyclic) bond motifs is 1. The van der Waals surface area contributed by atoms with Crippen LogP contribution in [0.25, 0.3) is 11.2 Å². The van der Waals surface area contributed by atoms with Gasteiger partial charge in [-0.15, -0.1) is 0 Å². The molecule has 2 atom stereocenters. The van der Waals surface area contributed by atoms with Gasteiger partial charge in [0.25, 0.3) is 0 Å². The quantitative estimate of drug-likeness (QED) is 0.284. The van der Waals surface area contributed by atoms with E-state index in [1.54, 1.807) is 27.0 Å². The summed E-state index contributed by atoms with van der Waals surface area (Å²) in [6.07, 6.45) is 2.30. The average Bonchev–Trinajstić information content (AvgIpc) is 3.00. The van der Waals surface area contributed by atoms with Crippen molar-refractivity contribution in [1.82, 2.24) is 19.9 Å². The monoisotopic (exact) mass is 591 g/mol. The molecule has 1 aliphatic heterocycles. The van der Waals surface area contributed by atoms with E-state index in [1.807, 2.05) is 15.7 Å². The van der Waals surface area contributed by atoms with Crippen LogP contribution in [0, 0.1) is 3.57 Å². The number of carbonyl (C=O) groups is 1. The lowest BCUT2D eigenvalue weighted by Crippen LogP contribution is -2.53. The summed E-state index contributed by atoms with van der Waals surface area (Å²) < 4.78 is 29.0. The number of ether oxygens (including phenoxy) is 2. The van der Waals surface area contributed by atoms with Gasteiger partial charge in [-0.25, -0.2) is 19.2 Å². The first-order valence-electron chi connectivity index (χ1n) is 11.3. The third-order valence-corrected chi connectivity index (χ3v) is 7.80. The third-order valence-electron chi connectivity index (χ3n) is 5.30. The minimum absolute atomic E-state index is 0.130. The van der Waals surface area contributed by atoms with Crippen LogP contribution in [0.3, 0.4) is 0 Å². The largest absolute Gasteiger partial charge is 0.444 e. The summed E-state index contributed by atoms with van der Waals surface area (Å²) in [6.45, 7) is 14.2. The van der Waals surface area contributed by atoms with Gasteiger partial charge in [0, 0.05) is 27.4 Å². The van der Waals surface area contributed by atoms with E-state index >= 15 is 0 Å². The molecular weight excluding hydrogens is 556 g/mol. The van der Waals surface area contributed by atoms with Crippen molar-refractivity contribution in [1.29, 1.82) is 0 Å². The first kappa shape index (κ1) is 26.1. The highest BCUT2D eigenvalue weighted by Gasteiger charge is 2.32. The molecule has 1 N–H and O–H groups in total.